The van der Waals surface area contributed by atoms with Crippen molar-refractivity contribution in [3.63, 3.8) is 0 Å². The van der Waals surface area contributed by atoms with Crippen LogP contribution in [0.15, 0.2) is 0 Å². The van der Waals surface area contributed by atoms with Crippen molar-refractivity contribution >= 4 is 14.2 Å². The van der Waals surface area contributed by atoms with E-state index in [1.807, 2.05) is 0 Å². The van der Waals surface area contributed by atoms with Gasteiger partial charge in [0, 0.05) is 6.92 Å². The van der Waals surface area contributed by atoms with Crippen molar-refractivity contribution < 1.29 is 32.1 Å². The monoisotopic (exact) mass is 229 g/mol. The molecule has 1 rings (SSSR count). The molecule has 0 aromatic carbocycles. The predicted molar refractivity (Wildman–Crippen MR) is 40.4 cm³/mol. The van der Waals surface area contributed by atoms with Gasteiger partial charge in [0.2, 0.25) is 0 Å². The first kappa shape index (κ1) is 11.3. The second-order valence-electron chi connectivity index (χ2n) is 2.76. The van der Waals surface area contributed by atoms with E-state index < -0.39 is 32.6 Å². The summed E-state index contributed by atoms with van der Waals surface area (Å²) in [5.41, 5.74) is 0. The summed E-state index contributed by atoms with van der Waals surface area (Å²) in [4.78, 5) is 10.4. The number of halogens is 2. The Morgan fingerprint density at radius 2 is 2.36 bits per heavy atom. The number of rotatable bonds is 4. The molecule has 5 nitrogen and oxygen atoms in total. The average molecular weight is 229 g/mol. The minimum absolute atomic E-state index is 0.233. The third-order valence-corrected chi connectivity index (χ3v) is 2.36. The highest BCUT2D eigenvalue weighted by atomic mass is 31.1. The minimum Gasteiger partial charge on any atom is -0.425 e. The fraction of sp³-hybridized carbons (Fsp3) is 0.833. The van der Waals surface area contributed by atoms with E-state index in [0.29, 0.717) is 6.92 Å². The molecule has 0 aromatic rings. The molecule has 80 valence electrons. The lowest BCUT2D eigenvalue weighted by Gasteiger charge is -2.04. The third-order valence-electron chi connectivity index (χ3n) is 1.26. The smallest absolute Gasteiger partial charge is 0.425 e. The molecule has 14 heavy (non-hydrogen) atoms. The second-order valence-corrected chi connectivity index (χ2v) is 4.17. The molecule has 0 N–H and O–H groups in total. The van der Waals surface area contributed by atoms with Crippen molar-refractivity contribution in [3.05, 3.63) is 0 Å². The van der Waals surface area contributed by atoms with E-state index in [9.17, 15) is 18.1 Å². The van der Waals surface area contributed by atoms with Crippen molar-refractivity contribution in [2.24, 2.45) is 0 Å². The summed E-state index contributed by atoms with van der Waals surface area (Å²) in [6.07, 6.45) is -0.967. The highest BCUT2D eigenvalue weighted by Gasteiger charge is 2.44. The molecular formula is C6H8F2O5P+. The number of hydrogen-bond acceptors (Lipinski definition) is 5. The summed E-state index contributed by atoms with van der Waals surface area (Å²) >= 11 is 0. The number of hydrogen-bond donors (Lipinski definition) is 0. The maximum absolute atomic E-state index is 12.3. The van der Waals surface area contributed by atoms with Crippen LogP contribution in [0.2, 0.25) is 0 Å². The fourth-order valence-corrected chi connectivity index (χ4v) is 1.57. The van der Waals surface area contributed by atoms with Gasteiger partial charge in [-0.2, -0.15) is 0 Å². The summed E-state index contributed by atoms with van der Waals surface area (Å²) in [7, 11) is -2.47. The van der Waals surface area contributed by atoms with E-state index in [1.165, 1.54) is 0 Å². The van der Waals surface area contributed by atoms with E-state index in [-0.39, 0.29) is 6.61 Å². The number of carbonyl (C=O) groups excluding carboxylic acids is 1. The Hall–Kier alpha value is -0.810. The SMILES string of the molecule is CC(F)(F)CO[P+](=O)C1COC(=O)O1. The van der Waals surface area contributed by atoms with Gasteiger partial charge in [-0.25, -0.2) is 13.6 Å². The molecule has 8 heteroatoms. The molecule has 0 aliphatic carbocycles. The largest absolute Gasteiger partial charge is 0.557 e. The van der Waals surface area contributed by atoms with Crippen LogP contribution >= 0.6 is 8.03 Å². The van der Waals surface area contributed by atoms with Gasteiger partial charge in [0.15, 0.2) is 13.2 Å². The molecule has 2 unspecified atom stereocenters. The second kappa shape index (κ2) is 4.14. The quantitative estimate of drug-likeness (QED) is 0.544. The van der Waals surface area contributed by atoms with Gasteiger partial charge in [-0.15, -0.1) is 4.52 Å². The Balaban J connectivity index is 2.32. The molecule has 0 spiro atoms. The van der Waals surface area contributed by atoms with E-state index in [1.54, 1.807) is 0 Å². The molecule has 1 aliphatic rings. The predicted octanol–water partition coefficient (Wildman–Crippen LogP) is 1.89. The number of cyclic esters (lactones) is 2. The van der Waals surface area contributed by atoms with Gasteiger partial charge in [0.05, 0.1) is 0 Å². The van der Waals surface area contributed by atoms with E-state index in [2.05, 4.69) is 14.0 Å². The Morgan fingerprint density at radius 3 is 2.79 bits per heavy atom. The summed E-state index contributed by atoms with van der Waals surface area (Å²) in [5.74, 6) is -4.14. The van der Waals surface area contributed by atoms with Crippen molar-refractivity contribution in [2.45, 2.75) is 18.7 Å². The highest BCUT2D eigenvalue weighted by Crippen LogP contribution is 2.35. The van der Waals surface area contributed by atoms with Crippen LogP contribution in [0.5, 0.6) is 0 Å². The highest BCUT2D eigenvalue weighted by molar-refractivity contribution is 7.39. The number of carbonyl (C=O) groups is 1. The van der Waals surface area contributed by atoms with Gasteiger partial charge in [0.1, 0.15) is 0 Å². The lowest BCUT2D eigenvalue weighted by atomic mass is 10.4. The fourth-order valence-electron chi connectivity index (χ4n) is 0.682. The lowest BCUT2D eigenvalue weighted by molar-refractivity contribution is -0.0221. The van der Waals surface area contributed by atoms with E-state index in [4.69, 9.17) is 0 Å². The van der Waals surface area contributed by atoms with E-state index >= 15 is 0 Å². The molecule has 0 radical (unpaired) electrons. The minimum atomic E-state index is -3.06. The van der Waals surface area contributed by atoms with Crippen molar-refractivity contribution in [1.29, 1.82) is 0 Å². The molecule has 2 atom stereocenters. The first-order chi connectivity index (χ1) is 6.38. The molecule has 1 aliphatic heterocycles. The zero-order chi connectivity index (χ0) is 10.8. The van der Waals surface area contributed by atoms with Crippen LogP contribution in [0.25, 0.3) is 0 Å². The summed E-state index contributed by atoms with van der Waals surface area (Å²) in [5, 5.41) is 0. The zero-order valence-corrected chi connectivity index (χ0v) is 8.13. The Kier molecular flexibility index (Phi) is 3.34. The Labute approximate surface area is 79.2 Å². The van der Waals surface area contributed by atoms with Gasteiger partial charge in [-0.05, 0) is 4.57 Å². The van der Waals surface area contributed by atoms with Gasteiger partial charge in [0.25, 0.3) is 5.92 Å². The standard InChI is InChI=1S/C6H8F2O5P/c1-6(7,8)3-12-14(10)4-2-11-5(9)13-4/h4H,2-3H2,1H3/q+1. The van der Waals surface area contributed by atoms with Crippen molar-refractivity contribution in [2.75, 3.05) is 13.2 Å². The van der Waals surface area contributed by atoms with Gasteiger partial charge < -0.3 is 9.47 Å². The zero-order valence-electron chi connectivity index (χ0n) is 7.24. The van der Waals surface area contributed by atoms with Gasteiger partial charge in [-0.3, -0.25) is 0 Å². The summed E-state index contributed by atoms with van der Waals surface area (Å²) in [6.45, 7) is -0.576. The van der Waals surface area contributed by atoms with Gasteiger partial charge in [-0.1, -0.05) is 0 Å². The molecular weight excluding hydrogens is 221 g/mol. The summed E-state index contributed by atoms with van der Waals surface area (Å²) in [6, 6.07) is 0. The summed E-state index contributed by atoms with van der Waals surface area (Å²) < 4.78 is 48.6. The van der Waals surface area contributed by atoms with Crippen LogP contribution in [0, 0.1) is 0 Å². The molecule has 1 fully saturated rings. The third kappa shape index (κ3) is 3.51. The maximum atomic E-state index is 12.3. The first-order valence-electron chi connectivity index (χ1n) is 3.69. The Morgan fingerprint density at radius 1 is 1.71 bits per heavy atom. The molecule has 0 saturated carbocycles. The van der Waals surface area contributed by atoms with Crippen molar-refractivity contribution in [3.8, 4) is 0 Å². The van der Waals surface area contributed by atoms with Crippen LogP contribution in [0.1, 0.15) is 6.92 Å². The topological polar surface area (TPSA) is 61.8 Å². The molecule has 0 amide bonds. The molecule has 0 aromatic heterocycles. The normalized spacial score (nSPS) is 22.9. The van der Waals surface area contributed by atoms with Crippen LogP contribution in [-0.4, -0.2) is 31.1 Å². The molecule has 0 bridgehead atoms. The Bertz CT molecular complexity index is 251. The van der Waals surface area contributed by atoms with Crippen LogP contribution < -0.4 is 0 Å². The van der Waals surface area contributed by atoms with Gasteiger partial charge >= 0.3 is 20.0 Å². The van der Waals surface area contributed by atoms with E-state index in [0.717, 1.165) is 0 Å². The van der Waals surface area contributed by atoms with Crippen LogP contribution in [-0.2, 0) is 18.6 Å². The van der Waals surface area contributed by atoms with Crippen LogP contribution in [0.4, 0.5) is 13.6 Å². The first-order valence-corrected chi connectivity index (χ1v) is 4.94. The van der Waals surface area contributed by atoms with Crippen molar-refractivity contribution in [1.82, 2.24) is 0 Å². The lowest BCUT2D eigenvalue weighted by Crippen LogP contribution is -2.18. The van der Waals surface area contributed by atoms with Crippen LogP contribution in [0.3, 0.4) is 0 Å². The molecule has 1 saturated heterocycles. The number of alkyl halides is 2. The maximum Gasteiger partial charge on any atom is 0.557 e. The average Bonchev–Trinajstić information content (AvgIpc) is 2.46. The molecule has 1 heterocycles. The number of ether oxygens (including phenoxy) is 2.